The number of allylic oxidation sites excluding steroid dienone is 5. The van der Waals surface area contributed by atoms with E-state index in [1.807, 2.05) is 33.8 Å². The fourth-order valence-electron chi connectivity index (χ4n) is 4.95. The first-order valence-electron chi connectivity index (χ1n) is 10.4. The fraction of sp³-hybridized carbons (Fsp3) is 0.750. The first-order valence-corrected chi connectivity index (χ1v) is 10.4. The molecule has 2 aliphatic rings. The van der Waals surface area contributed by atoms with E-state index in [2.05, 4.69) is 47.3 Å². The van der Waals surface area contributed by atoms with Gasteiger partial charge in [0.1, 0.15) is 0 Å². The molecule has 2 aliphatic carbocycles. The van der Waals surface area contributed by atoms with Crippen LogP contribution in [0, 0.1) is 16.7 Å². The Kier molecular flexibility index (Phi) is 9.93. The van der Waals surface area contributed by atoms with Crippen molar-refractivity contribution < 1.29 is 0 Å². The van der Waals surface area contributed by atoms with Crippen molar-refractivity contribution in [3.05, 3.63) is 35.5 Å². The fourth-order valence-corrected chi connectivity index (χ4v) is 4.95. The molecule has 1 saturated carbocycles. The van der Waals surface area contributed by atoms with Gasteiger partial charge >= 0.3 is 0 Å². The molecular formula is C24H44. The lowest BCUT2D eigenvalue weighted by Gasteiger charge is -2.56. The maximum atomic E-state index is 3.93. The summed E-state index contributed by atoms with van der Waals surface area (Å²) in [5.41, 5.74) is 5.48. The van der Waals surface area contributed by atoms with Crippen molar-refractivity contribution in [3.63, 3.8) is 0 Å². The quantitative estimate of drug-likeness (QED) is 0.454. The van der Waals surface area contributed by atoms with Gasteiger partial charge in [0.2, 0.25) is 0 Å². The Morgan fingerprint density at radius 1 is 1.17 bits per heavy atom. The van der Waals surface area contributed by atoms with Crippen LogP contribution in [0.3, 0.4) is 0 Å². The summed E-state index contributed by atoms with van der Waals surface area (Å²) in [6.45, 7) is 23.9. The number of fused-ring (bicyclic) bond motifs is 1. The highest BCUT2D eigenvalue weighted by Crippen LogP contribution is 2.60. The van der Waals surface area contributed by atoms with E-state index >= 15 is 0 Å². The summed E-state index contributed by atoms with van der Waals surface area (Å²) >= 11 is 0. The Bertz CT molecular complexity index is 451. The largest absolute Gasteiger partial charge is 0.0988 e. The zero-order chi connectivity index (χ0) is 19.0. The third-order valence-electron chi connectivity index (χ3n) is 6.44. The van der Waals surface area contributed by atoms with Gasteiger partial charge in [0.05, 0.1) is 0 Å². The highest BCUT2D eigenvalue weighted by Gasteiger charge is 2.50. The molecule has 0 heteroatoms. The van der Waals surface area contributed by atoms with Crippen LogP contribution in [-0.2, 0) is 0 Å². The topological polar surface area (TPSA) is 0 Å². The van der Waals surface area contributed by atoms with Crippen LogP contribution in [0.1, 0.15) is 101 Å². The normalized spacial score (nSPS) is 32.7. The minimum Gasteiger partial charge on any atom is -0.0988 e. The molecule has 0 bridgehead atoms. The molecular weight excluding hydrogens is 288 g/mol. The van der Waals surface area contributed by atoms with Gasteiger partial charge < -0.3 is 0 Å². The predicted molar refractivity (Wildman–Crippen MR) is 112 cm³/mol. The van der Waals surface area contributed by atoms with Crippen LogP contribution >= 0.6 is 0 Å². The molecule has 24 heavy (non-hydrogen) atoms. The molecule has 0 saturated heterocycles. The Morgan fingerprint density at radius 3 is 2.25 bits per heavy atom. The summed E-state index contributed by atoms with van der Waals surface area (Å²) in [4.78, 5) is 0. The second kappa shape index (κ2) is 10.3. The number of rotatable bonds is 3. The molecule has 0 heterocycles. The zero-order valence-electron chi connectivity index (χ0n) is 18.2. The molecule has 0 aromatic carbocycles. The van der Waals surface area contributed by atoms with Gasteiger partial charge in [0.15, 0.2) is 0 Å². The summed E-state index contributed by atoms with van der Waals surface area (Å²) in [6.07, 6.45) is 12.6. The van der Waals surface area contributed by atoms with E-state index in [0.29, 0.717) is 10.8 Å². The summed E-state index contributed by atoms with van der Waals surface area (Å²) < 4.78 is 0. The van der Waals surface area contributed by atoms with Gasteiger partial charge in [-0.2, -0.15) is 0 Å². The van der Waals surface area contributed by atoms with Gasteiger partial charge in [-0.15, -0.1) is 0 Å². The Morgan fingerprint density at radius 2 is 1.75 bits per heavy atom. The van der Waals surface area contributed by atoms with Crippen LogP contribution in [0.2, 0.25) is 0 Å². The summed E-state index contributed by atoms with van der Waals surface area (Å²) in [6, 6.07) is 0. The summed E-state index contributed by atoms with van der Waals surface area (Å²) in [5, 5.41) is 0. The lowest BCUT2D eigenvalue weighted by molar-refractivity contribution is -0.000925. The number of hydrogen-bond acceptors (Lipinski definition) is 0. The van der Waals surface area contributed by atoms with Crippen LogP contribution in [0.25, 0.3) is 0 Å². The van der Waals surface area contributed by atoms with Crippen molar-refractivity contribution in [2.24, 2.45) is 16.7 Å². The van der Waals surface area contributed by atoms with Crippen molar-refractivity contribution in [1.29, 1.82) is 0 Å². The number of hydrogen-bond donors (Lipinski definition) is 0. The molecule has 2 rings (SSSR count). The van der Waals surface area contributed by atoms with E-state index in [4.69, 9.17) is 0 Å². The molecule has 0 aromatic heterocycles. The maximum Gasteiger partial charge on any atom is -0.00422 e. The van der Waals surface area contributed by atoms with E-state index in [0.717, 1.165) is 5.92 Å². The van der Waals surface area contributed by atoms with Gasteiger partial charge in [0, 0.05) is 0 Å². The smallest absolute Gasteiger partial charge is 0.00422 e. The second-order valence-electron chi connectivity index (χ2n) is 7.66. The summed E-state index contributed by atoms with van der Waals surface area (Å²) in [5.74, 6) is 0.848. The highest BCUT2D eigenvalue weighted by molar-refractivity contribution is 5.39. The van der Waals surface area contributed by atoms with E-state index in [-0.39, 0.29) is 0 Å². The molecule has 0 N–H and O–H groups in total. The molecule has 0 amide bonds. The molecule has 0 spiro atoms. The van der Waals surface area contributed by atoms with Crippen LogP contribution in [0.4, 0.5) is 0 Å². The monoisotopic (exact) mass is 332 g/mol. The van der Waals surface area contributed by atoms with Gasteiger partial charge in [-0.3, -0.25) is 0 Å². The van der Waals surface area contributed by atoms with Crippen molar-refractivity contribution in [1.82, 2.24) is 0 Å². The first kappa shape index (κ1) is 23.2. The molecule has 3 atom stereocenters. The predicted octanol–water partition coefficient (Wildman–Crippen LogP) is 8.50. The van der Waals surface area contributed by atoms with E-state index in [1.165, 1.54) is 44.1 Å². The minimum absolute atomic E-state index is 0.385. The average molecular weight is 333 g/mol. The zero-order valence-corrected chi connectivity index (χ0v) is 18.2. The highest BCUT2D eigenvalue weighted by atomic mass is 14.5. The molecule has 1 fully saturated rings. The SMILES string of the molecule is C=C/C(C)=C\C1=C(C)CCC2C(C)(CC)CCCC12C.CC.CC. The minimum atomic E-state index is 0.385. The lowest BCUT2D eigenvalue weighted by atomic mass is 9.49. The van der Waals surface area contributed by atoms with Gasteiger partial charge in [-0.1, -0.05) is 91.2 Å². The van der Waals surface area contributed by atoms with Gasteiger partial charge in [-0.25, -0.2) is 0 Å². The van der Waals surface area contributed by atoms with Crippen molar-refractivity contribution >= 4 is 0 Å². The Balaban J connectivity index is 0.00000123. The third kappa shape index (κ3) is 4.64. The second-order valence-corrected chi connectivity index (χ2v) is 7.66. The Labute approximate surface area is 153 Å². The van der Waals surface area contributed by atoms with Crippen LogP contribution in [-0.4, -0.2) is 0 Å². The first-order chi connectivity index (χ1) is 11.4. The third-order valence-corrected chi connectivity index (χ3v) is 6.44. The van der Waals surface area contributed by atoms with Crippen molar-refractivity contribution in [2.45, 2.75) is 101 Å². The van der Waals surface area contributed by atoms with Gasteiger partial charge in [0.25, 0.3) is 0 Å². The molecule has 3 unspecified atom stereocenters. The van der Waals surface area contributed by atoms with E-state index in [1.54, 1.807) is 11.1 Å². The van der Waals surface area contributed by atoms with Crippen LogP contribution in [0.5, 0.6) is 0 Å². The van der Waals surface area contributed by atoms with E-state index in [9.17, 15) is 0 Å². The van der Waals surface area contributed by atoms with Crippen molar-refractivity contribution in [2.75, 3.05) is 0 Å². The maximum absolute atomic E-state index is 3.93. The van der Waals surface area contributed by atoms with Crippen LogP contribution < -0.4 is 0 Å². The summed E-state index contributed by atoms with van der Waals surface area (Å²) in [7, 11) is 0. The molecule has 0 nitrogen and oxygen atoms in total. The lowest BCUT2D eigenvalue weighted by Crippen LogP contribution is -2.46. The molecule has 0 radical (unpaired) electrons. The van der Waals surface area contributed by atoms with Gasteiger partial charge in [-0.05, 0) is 61.9 Å². The average Bonchev–Trinajstić information content (AvgIpc) is 2.61. The molecule has 0 aromatic rings. The van der Waals surface area contributed by atoms with Crippen LogP contribution in [0.15, 0.2) is 35.5 Å². The Hall–Kier alpha value is -0.780. The standard InChI is InChI=1S/C20H32.2C2H6/c1-7-15(3)14-17-16(4)10-11-18-19(5,8-2)12-9-13-20(17,18)6;2*1-2/h7,14,18H,1,8-13H2,2-6H3;2*1-2H3/b15-14-;;. The molecule has 140 valence electrons. The van der Waals surface area contributed by atoms with E-state index < -0.39 is 0 Å². The molecule has 0 aliphatic heterocycles. The van der Waals surface area contributed by atoms with Crippen molar-refractivity contribution in [3.8, 4) is 0 Å².